The van der Waals surface area contributed by atoms with Crippen LogP contribution in [-0.4, -0.2) is 34.3 Å². The van der Waals surface area contributed by atoms with E-state index in [4.69, 9.17) is 9.63 Å². The lowest BCUT2D eigenvalue weighted by atomic mass is 9.90. The van der Waals surface area contributed by atoms with Gasteiger partial charge in [0.25, 0.3) is 5.91 Å². The van der Waals surface area contributed by atoms with Crippen LogP contribution in [0.3, 0.4) is 0 Å². The highest BCUT2D eigenvalue weighted by atomic mass is 16.5. The minimum absolute atomic E-state index is 0.0597. The average molecular weight is 311 g/mol. The van der Waals surface area contributed by atoms with E-state index in [0.717, 1.165) is 25.8 Å². The predicted octanol–water partition coefficient (Wildman–Crippen LogP) is 2.15. The molecule has 0 fully saturated rings. The van der Waals surface area contributed by atoms with E-state index >= 15 is 0 Å². The summed E-state index contributed by atoms with van der Waals surface area (Å²) < 4.78 is 4.96. The van der Waals surface area contributed by atoms with Gasteiger partial charge in [-0.2, -0.15) is 0 Å². The molecule has 0 aromatic carbocycles. The monoisotopic (exact) mass is 311 g/mol. The number of hydrogen-bond acceptors (Lipinski definition) is 5. The first kappa shape index (κ1) is 18.6. The van der Waals surface area contributed by atoms with Crippen LogP contribution in [0.15, 0.2) is 4.52 Å². The molecule has 0 radical (unpaired) electrons. The van der Waals surface area contributed by atoms with Crippen molar-refractivity contribution in [1.29, 1.82) is 0 Å². The summed E-state index contributed by atoms with van der Waals surface area (Å²) in [5, 5.41) is 19.4. The molecule has 6 nitrogen and oxygen atoms in total. The summed E-state index contributed by atoms with van der Waals surface area (Å²) in [5.41, 5.74) is 0.648. The molecule has 0 aliphatic rings. The number of carbonyl (C=O) groups excluding carboxylic acids is 1. The molecule has 0 saturated heterocycles. The molecule has 2 atom stereocenters. The zero-order valence-corrected chi connectivity index (χ0v) is 14.3. The van der Waals surface area contributed by atoms with E-state index in [0.29, 0.717) is 11.3 Å². The lowest BCUT2D eigenvalue weighted by Gasteiger charge is -2.36. The Kier molecular flexibility index (Phi) is 7.03. The molecular formula is C16H29N3O3. The van der Waals surface area contributed by atoms with Crippen molar-refractivity contribution in [2.75, 3.05) is 6.54 Å². The van der Waals surface area contributed by atoms with Gasteiger partial charge in [0.1, 0.15) is 6.61 Å². The molecule has 0 aliphatic carbocycles. The van der Waals surface area contributed by atoms with Gasteiger partial charge in [-0.05, 0) is 40.2 Å². The van der Waals surface area contributed by atoms with Crippen LogP contribution in [0, 0.1) is 6.92 Å². The van der Waals surface area contributed by atoms with E-state index in [-0.39, 0.29) is 29.8 Å². The summed E-state index contributed by atoms with van der Waals surface area (Å²) in [6.07, 6.45) is 3.14. The Morgan fingerprint density at radius 1 is 1.45 bits per heavy atom. The van der Waals surface area contributed by atoms with Crippen LogP contribution in [0.2, 0.25) is 0 Å². The van der Waals surface area contributed by atoms with Gasteiger partial charge in [-0.3, -0.25) is 4.79 Å². The molecule has 1 aromatic rings. The molecule has 1 rings (SSSR count). The molecule has 0 spiro atoms. The van der Waals surface area contributed by atoms with Gasteiger partial charge in [-0.25, -0.2) is 0 Å². The fourth-order valence-electron chi connectivity index (χ4n) is 2.29. The number of aliphatic hydroxyl groups excluding tert-OH is 1. The van der Waals surface area contributed by atoms with E-state index in [1.165, 1.54) is 0 Å². The standard InChI is InChI=1S/C16H29N3O3/c1-6-8-9-17-16(5,7-2)12(4)18-15(21)14-11(3)13(10-20)22-19-14/h12,17,20H,6-10H2,1-5H3,(H,18,21). The van der Waals surface area contributed by atoms with Gasteiger partial charge in [0.05, 0.1) is 0 Å². The van der Waals surface area contributed by atoms with Crippen molar-refractivity contribution in [2.45, 2.75) is 72.1 Å². The molecule has 0 aliphatic heterocycles. The number of amides is 1. The van der Waals surface area contributed by atoms with E-state index in [1.807, 2.05) is 6.92 Å². The third-order valence-corrected chi connectivity index (χ3v) is 4.48. The number of aliphatic hydroxyl groups is 1. The molecule has 3 N–H and O–H groups in total. The predicted molar refractivity (Wildman–Crippen MR) is 85.7 cm³/mol. The Morgan fingerprint density at radius 3 is 2.64 bits per heavy atom. The topological polar surface area (TPSA) is 87.4 Å². The quantitative estimate of drug-likeness (QED) is 0.608. The highest BCUT2D eigenvalue weighted by Gasteiger charge is 2.31. The van der Waals surface area contributed by atoms with Crippen molar-refractivity contribution in [3.8, 4) is 0 Å². The summed E-state index contributed by atoms with van der Waals surface area (Å²) in [7, 11) is 0. The molecule has 126 valence electrons. The Bertz CT molecular complexity index is 487. The molecule has 6 heteroatoms. The Morgan fingerprint density at radius 2 is 2.14 bits per heavy atom. The van der Waals surface area contributed by atoms with Gasteiger partial charge >= 0.3 is 0 Å². The number of hydrogen-bond donors (Lipinski definition) is 3. The minimum Gasteiger partial charge on any atom is -0.388 e. The van der Waals surface area contributed by atoms with Gasteiger partial charge in [0.15, 0.2) is 11.5 Å². The number of nitrogens with zero attached hydrogens (tertiary/aromatic N) is 1. The molecule has 0 bridgehead atoms. The third kappa shape index (κ3) is 4.30. The SMILES string of the molecule is CCCCNC(C)(CC)C(C)NC(=O)c1noc(CO)c1C. The van der Waals surface area contributed by atoms with Crippen molar-refractivity contribution < 1.29 is 14.4 Å². The maximum atomic E-state index is 12.4. The first-order valence-electron chi connectivity index (χ1n) is 8.01. The molecule has 22 heavy (non-hydrogen) atoms. The zero-order chi connectivity index (χ0) is 16.8. The summed E-state index contributed by atoms with van der Waals surface area (Å²) in [6, 6.07) is -0.0597. The van der Waals surface area contributed by atoms with Crippen LogP contribution in [0.5, 0.6) is 0 Å². The normalized spacial score (nSPS) is 15.4. The van der Waals surface area contributed by atoms with Crippen molar-refractivity contribution in [2.24, 2.45) is 0 Å². The lowest BCUT2D eigenvalue weighted by molar-refractivity contribution is 0.0901. The Balaban J connectivity index is 2.74. The van der Waals surface area contributed by atoms with Crippen LogP contribution in [-0.2, 0) is 6.61 Å². The van der Waals surface area contributed by atoms with Crippen LogP contribution in [0.1, 0.15) is 68.8 Å². The van der Waals surface area contributed by atoms with Gasteiger partial charge in [0.2, 0.25) is 0 Å². The highest BCUT2D eigenvalue weighted by Crippen LogP contribution is 2.17. The Hall–Kier alpha value is -1.40. The van der Waals surface area contributed by atoms with Crippen LogP contribution in [0.25, 0.3) is 0 Å². The smallest absolute Gasteiger partial charge is 0.274 e. The fraction of sp³-hybridized carbons (Fsp3) is 0.750. The summed E-state index contributed by atoms with van der Waals surface area (Å²) >= 11 is 0. The first-order chi connectivity index (χ1) is 10.4. The van der Waals surface area contributed by atoms with Crippen molar-refractivity contribution in [3.05, 3.63) is 17.0 Å². The van der Waals surface area contributed by atoms with Crippen molar-refractivity contribution in [3.63, 3.8) is 0 Å². The van der Waals surface area contributed by atoms with Gasteiger partial charge in [0, 0.05) is 17.1 Å². The molecule has 1 amide bonds. The fourth-order valence-corrected chi connectivity index (χ4v) is 2.29. The summed E-state index contributed by atoms with van der Waals surface area (Å²) in [6.45, 7) is 10.8. The summed E-state index contributed by atoms with van der Waals surface area (Å²) in [4.78, 5) is 12.4. The number of nitrogens with one attached hydrogen (secondary N) is 2. The summed E-state index contributed by atoms with van der Waals surface area (Å²) in [5.74, 6) is 0.0579. The molecule has 1 heterocycles. The second kappa shape index (κ2) is 8.29. The van der Waals surface area contributed by atoms with E-state index < -0.39 is 0 Å². The highest BCUT2D eigenvalue weighted by molar-refractivity contribution is 5.93. The second-order valence-electron chi connectivity index (χ2n) is 5.98. The lowest BCUT2D eigenvalue weighted by Crippen LogP contribution is -2.57. The zero-order valence-electron chi connectivity index (χ0n) is 14.3. The maximum absolute atomic E-state index is 12.4. The van der Waals surface area contributed by atoms with Crippen molar-refractivity contribution in [1.82, 2.24) is 15.8 Å². The molecule has 0 saturated carbocycles. The number of aromatic nitrogens is 1. The van der Waals surface area contributed by atoms with E-state index in [2.05, 4.69) is 36.6 Å². The first-order valence-corrected chi connectivity index (χ1v) is 8.01. The Labute approximate surface area is 132 Å². The number of unbranched alkanes of at least 4 members (excludes halogenated alkanes) is 1. The third-order valence-electron chi connectivity index (χ3n) is 4.48. The number of carbonyl (C=O) groups is 1. The molecule has 1 aromatic heterocycles. The molecular weight excluding hydrogens is 282 g/mol. The van der Waals surface area contributed by atoms with Gasteiger partial charge in [-0.1, -0.05) is 25.4 Å². The largest absolute Gasteiger partial charge is 0.388 e. The van der Waals surface area contributed by atoms with Crippen LogP contribution >= 0.6 is 0 Å². The van der Waals surface area contributed by atoms with E-state index in [1.54, 1.807) is 6.92 Å². The second-order valence-corrected chi connectivity index (χ2v) is 5.98. The van der Waals surface area contributed by atoms with Crippen LogP contribution in [0.4, 0.5) is 0 Å². The van der Waals surface area contributed by atoms with Gasteiger partial charge in [-0.15, -0.1) is 0 Å². The maximum Gasteiger partial charge on any atom is 0.274 e. The van der Waals surface area contributed by atoms with Crippen LogP contribution < -0.4 is 10.6 Å². The van der Waals surface area contributed by atoms with E-state index in [9.17, 15) is 4.79 Å². The molecule has 2 unspecified atom stereocenters. The minimum atomic E-state index is -0.273. The van der Waals surface area contributed by atoms with Crippen molar-refractivity contribution >= 4 is 5.91 Å². The number of rotatable bonds is 9. The van der Waals surface area contributed by atoms with Gasteiger partial charge < -0.3 is 20.3 Å². The average Bonchev–Trinajstić information content (AvgIpc) is 2.88.